The molecule has 0 radical (unpaired) electrons. The third-order valence-corrected chi connectivity index (χ3v) is 2.80. The lowest BCUT2D eigenvalue weighted by molar-refractivity contribution is 0.388. The van der Waals surface area contributed by atoms with E-state index in [2.05, 4.69) is 52.2 Å². The Balaban J connectivity index is 2.75. The molecule has 0 spiro atoms. The molecule has 0 atom stereocenters. The fraction of sp³-hybridized carbons (Fsp3) is 0.538. The zero-order chi connectivity index (χ0) is 10.6. The molecule has 0 unspecified atom stereocenters. The summed E-state index contributed by atoms with van der Waals surface area (Å²) in [6, 6.07) is 8.87. The van der Waals surface area contributed by atoms with Crippen molar-refractivity contribution in [3.63, 3.8) is 0 Å². The molecule has 0 aliphatic heterocycles. The Bertz CT molecular complexity index is 272. The highest BCUT2D eigenvalue weighted by Gasteiger charge is 2.17. The lowest BCUT2D eigenvalue weighted by Crippen LogP contribution is -2.41. The van der Waals surface area contributed by atoms with Gasteiger partial charge in [-0.05, 0) is 25.5 Å². The maximum Gasteiger partial charge on any atom is 0.132 e. The van der Waals surface area contributed by atoms with Gasteiger partial charge < -0.3 is 0 Å². The number of nitrogens with zero attached hydrogens (tertiary/aromatic N) is 1. The topological polar surface area (TPSA) is 0 Å². The van der Waals surface area contributed by atoms with E-state index in [1.165, 1.54) is 30.6 Å². The first kappa shape index (κ1) is 11.3. The summed E-state index contributed by atoms with van der Waals surface area (Å²) in [5.74, 6) is 0. The molecule has 78 valence electrons. The Kier molecular flexibility index (Phi) is 3.70. The number of unbranched alkanes of at least 4 members (excludes halogenated alkanes) is 1. The van der Waals surface area contributed by atoms with Crippen LogP contribution in [0.1, 0.15) is 25.3 Å². The van der Waals surface area contributed by atoms with Crippen LogP contribution in [0.2, 0.25) is 0 Å². The van der Waals surface area contributed by atoms with Gasteiger partial charge in [0.1, 0.15) is 5.69 Å². The number of rotatable bonds is 4. The second-order valence-corrected chi connectivity index (χ2v) is 4.60. The molecule has 0 amide bonds. The van der Waals surface area contributed by atoms with Crippen LogP contribution in [0.4, 0.5) is 5.69 Å². The lowest BCUT2D eigenvalue weighted by atomic mass is 10.2. The average molecular weight is 192 g/mol. The zero-order valence-corrected chi connectivity index (χ0v) is 9.88. The van der Waals surface area contributed by atoms with E-state index in [0.29, 0.717) is 0 Å². The zero-order valence-electron chi connectivity index (χ0n) is 9.88. The fourth-order valence-corrected chi connectivity index (χ4v) is 1.63. The van der Waals surface area contributed by atoms with Crippen LogP contribution in [-0.4, -0.2) is 20.6 Å². The van der Waals surface area contributed by atoms with E-state index in [-0.39, 0.29) is 0 Å². The van der Waals surface area contributed by atoms with Gasteiger partial charge in [-0.3, -0.25) is 4.48 Å². The molecule has 0 N–H and O–H groups in total. The smallest absolute Gasteiger partial charge is 0.132 e. The first-order valence-electron chi connectivity index (χ1n) is 5.46. The maximum atomic E-state index is 2.28. The van der Waals surface area contributed by atoms with Gasteiger partial charge >= 0.3 is 0 Å². The molecule has 0 saturated carbocycles. The minimum atomic E-state index is 0.994. The summed E-state index contributed by atoms with van der Waals surface area (Å²) < 4.78 is 0.994. The van der Waals surface area contributed by atoms with E-state index in [0.717, 1.165) is 4.48 Å². The van der Waals surface area contributed by atoms with Gasteiger partial charge in [-0.2, -0.15) is 0 Å². The molecular formula is C13H22N+. The number of hydrogen-bond donors (Lipinski definition) is 0. The fourth-order valence-electron chi connectivity index (χ4n) is 1.63. The number of aryl methyl sites for hydroxylation is 1. The van der Waals surface area contributed by atoms with Crippen LogP contribution < -0.4 is 4.48 Å². The van der Waals surface area contributed by atoms with Crippen molar-refractivity contribution in [3.05, 3.63) is 29.8 Å². The summed E-state index contributed by atoms with van der Waals surface area (Å²) in [5.41, 5.74) is 2.74. The minimum absolute atomic E-state index is 0.994. The van der Waals surface area contributed by atoms with Gasteiger partial charge in [0.15, 0.2) is 0 Å². The highest BCUT2D eigenvalue weighted by molar-refractivity contribution is 5.42. The third kappa shape index (κ3) is 2.85. The van der Waals surface area contributed by atoms with Gasteiger partial charge in [-0.1, -0.05) is 31.0 Å². The van der Waals surface area contributed by atoms with Gasteiger partial charge in [0, 0.05) is 0 Å². The van der Waals surface area contributed by atoms with Gasteiger partial charge in [0.25, 0.3) is 0 Å². The Morgan fingerprint density at radius 3 is 2.14 bits per heavy atom. The molecule has 1 aromatic carbocycles. The molecule has 14 heavy (non-hydrogen) atoms. The molecule has 0 heterocycles. The van der Waals surface area contributed by atoms with Crippen LogP contribution in [0, 0.1) is 6.92 Å². The second kappa shape index (κ2) is 4.61. The molecule has 0 aliphatic rings. The van der Waals surface area contributed by atoms with Crippen molar-refractivity contribution in [2.24, 2.45) is 0 Å². The summed E-state index contributed by atoms with van der Waals surface area (Å²) in [4.78, 5) is 0. The highest BCUT2D eigenvalue weighted by Crippen LogP contribution is 2.19. The monoisotopic (exact) mass is 192 g/mol. The highest BCUT2D eigenvalue weighted by atomic mass is 15.3. The van der Waals surface area contributed by atoms with Crippen LogP contribution in [0.15, 0.2) is 24.3 Å². The summed E-state index contributed by atoms with van der Waals surface area (Å²) in [7, 11) is 4.56. The van der Waals surface area contributed by atoms with Crippen molar-refractivity contribution in [2.75, 3.05) is 20.6 Å². The Morgan fingerprint density at radius 2 is 1.64 bits per heavy atom. The summed E-state index contributed by atoms with van der Waals surface area (Å²) >= 11 is 0. The first-order valence-corrected chi connectivity index (χ1v) is 5.46. The Labute approximate surface area is 88.0 Å². The number of quaternary nitrogens is 1. The van der Waals surface area contributed by atoms with Gasteiger partial charge in [-0.25, -0.2) is 0 Å². The Hall–Kier alpha value is -0.820. The van der Waals surface area contributed by atoms with Gasteiger partial charge in [0.05, 0.1) is 20.6 Å². The third-order valence-electron chi connectivity index (χ3n) is 2.80. The predicted octanol–water partition coefficient (Wildman–Crippen LogP) is 3.36. The van der Waals surface area contributed by atoms with E-state index in [1.54, 1.807) is 0 Å². The van der Waals surface area contributed by atoms with Gasteiger partial charge in [0.2, 0.25) is 0 Å². The molecule has 0 saturated heterocycles. The van der Waals surface area contributed by atoms with E-state index in [4.69, 9.17) is 0 Å². The van der Waals surface area contributed by atoms with E-state index in [1.807, 2.05) is 0 Å². The summed E-state index contributed by atoms with van der Waals surface area (Å²) in [5, 5.41) is 0. The van der Waals surface area contributed by atoms with Crippen molar-refractivity contribution in [2.45, 2.75) is 26.7 Å². The molecule has 1 aromatic rings. The van der Waals surface area contributed by atoms with Gasteiger partial charge in [-0.15, -0.1) is 0 Å². The largest absolute Gasteiger partial charge is 0.296 e. The Morgan fingerprint density at radius 1 is 1.07 bits per heavy atom. The molecule has 1 rings (SSSR count). The average Bonchev–Trinajstić information content (AvgIpc) is 2.16. The van der Waals surface area contributed by atoms with Crippen LogP contribution in [0.5, 0.6) is 0 Å². The molecule has 0 aliphatic carbocycles. The summed E-state index contributed by atoms with van der Waals surface area (Å²) in [6.45, 7) is 5.60. The molecule has 0 fully saturated rings. The van der Waals surface area contributed by atoms with Crippen LogP contribution in [-0.2, 0) is 0 Å². The molecule has 0 bridgehead atoms. The van der Waals surface area contributed by atoms with E-state index >= 15 is 0 Å². The maximum absolute atomic E-state index is 2.28. The minimum Gasteiger partial charge on any atom is -0.296 e. The van der Waals surface area contributed by atoms with Crippen LogP contribution in [0.3, 0.4) is 0 Å². The van der Waals surface area contributed by atoms with Crippen molar-refractivity contribution >= 4 is 5.69 Å². The van der Waals surface area contributed by atoms with Crippen LogP contribution in [0.25, 0.3) is 0 Å². The van der Waals surface area contributed by atoms with Crippen molar-refractivity contribution < 1.29 is 0 Å². The predicted molar refractivity (Wildman–Crippen MR) is 64.6 cm³/mol. The second-order valence-electron chi connectivity index (χ2n) is 4.60. The standard InChI is InChI=1S/C13H22N/c1-5-6-11-14(3,4)13-9-7-12(2)8-10-13/h7-10H,5-6,11H2,1-4H3/q+1. The summed E-state index contributed by atoms with van der Waals surface area (Å²) in [6.07, 6.45) is 2.56. The number of hydrogen-bond acceptors (Lipinski definition) is 0. The normalized spacial score (nSPS) is 11.7. The molecular weight excluding hydrogens is 170 g/mol. The molecule has 0 aromatic heterocycles. The van der Waals surface area contributed by atoms with E-state index < -0.39 is 0 Å². The van der Waals surface area contributed by atoms with Crippen LogP contribution >= 0.6 is 0 Å². The quantitative estimate of drug-likeness (QED) is 0.642. The van der Waals surface area contributed by atoms with Crippen molar-refractivity contribution in [1.29, 1.82) is 0 Å². The molecule has 1 heteroatoms. The SMILES string of the molecule is CCCC[N+](C)(C)c1ccc(C)cc1. The lowest BCUT2D eigenvalue weighted by Gasteiger charge is -2.29. The number of benzene rings is 1. The van der Waals surface area contributed by atoms with Crippen molar-refractivity contribution in [1.82, 2.24) is 4.48 Å². The van der Waals surface area contributed by atoms with E-state index in [9.17, 15) is 0 Å². The van der Waals surface area contributed by atoms with Crippen molar-refractivity contribution in [3.8, 4) is 0 Å². The first-order chi connectivity index (χ1) is 6.56. The molecule has 1 nitrogen and oxygen atoms in total.